The molecule has 0 heterocycles. The molecule has 0 bridgehead atoms. The van der Waals surface area contributed by atoms with Gasteiger partial charge in [0.1, 0.15) is 11.5 Å². The summed E-state index contributed by atoms with van der Waals surface area (Å²) in [5.41, 5.74) is 1.21. The molecule has 0 spiro atoms. The Balaban J connectivity index is 1.93. The van der Waals surface area contributed by atoms with Crippen molar-refractivity contribution in [3.63, 3.8) is 0 Å². The van der Waals surface area contributed by atoms with E-state index < -0.39 is 0 Å². The second-order valence-electron chi connectivity index (χ2n) is 5.53. The van der Waals surface area contributed by atoms with E-state index in [1.165, 1.54) is 5.56 Å². The van der Waals surface area contributed by atoms with Gasteiger partial charge in [-0.1, -0.05) is 29.8 Å². The number of ether oxygens (including phenoxy) is 1. The van der Waals surface area contributed by atoms with Gasteiger partial charge in [0, 0.05) is 16.8 Å². The van der Waals surface area contributed by atoms with Gasteiger partial charge in [-0.3, -0.25) is 4.79 Å². The lowest BCUT2D eigenvalue weighted by atomic mass is 10.0. The zero-order valence-corrected chi connectivity index (χ0v) is 13.2. The maximum absolute atomic E-state index is 11.6. The van der Waals surface area contributed by atoms with Gasteiger partial charge in [-0.15, -0.1) is 0 Å². The monoisotopic (exact) mass is 324 g/mol. The number of rotatable bonds is 5. The van der Waals surface area contributed by atoms with Crippen LogP contribution in [0, 0.1) is 5.92 Å². The average Bonchev–Trinajstić information content (AvgIpc) is 2.77. The average molecular weight is 325 g/mol. The number of ketones is 1. The molecule has 3 heteroatoms. The first kappa shape index (κ1) is 14.6. The van der Waals surface area contributed by atoms with E-state index in [0.29, 0.717) is 18.3 Å². The third kappa shape index (κ3) is 3.82. The molecule has 1 aromatic carbocycles. The van der Waals surface area contributed by atoms with Crippen LogP contribution in [-0.4, -0.2) is 12.4 Å². The molecule has 0 saturated heterocycles. The predicted octanol–water partition coefficient (Wildman–Crippen LogP) is 4.71. The second kappa shape index (κ2) is 6.56. The highest BCUT2D eigenvalue weighted by atomic mass is 79.9. The van der Waals surface area contributed by atoms with E-state index in [9.17, 15) is 4.79 Å². The maximum Gasteiger partial charge on any atom is 0.136 e. The minimum atomic E-state index is 0.234. The maximum atomic E-state index is 11.6. The van der Waals surface area contributed by atoms with Crippen LogP contribution in [0.15, 0.2) is 22.7 Å². The Morgan fingerprint density at radius 3 is 2.84 bits per heavy atom. The normalized spacial score (nSPS) is 19.2. The Labute approximate surface area is 123 Å². The highest BCUT2D eigenvalue weighted by molar-refractivity contribution is 9.10. The summed E-state index contributed by atoms with van der Waals surface area (Å²) in [6.45, 7) is 4.96. The Kier molecular flexibility index (Phi) is 5.03. The van der Waals surface area contributed by atoms with E-state index in [-0.39, 0.29) is 5.92 Å². The molecule has 1 saturated carbocycles. The van der Waals surface area contributed by atoms with Crippen molar-refractivity contribution >= 4 is 21.7 Å². The Hall–Kier alpha value is -0.830. The summed E-state index contributed by atoms with van der Waals surface area (Å²) in [4.78, 5) is 11.6. The van der Waals surface area contributed by atoms with Gasteiger partial charge >= 0.3 is 0 Å². The van der Waals surface area contributed by atoms with E-state index >= 15 is 0 Å². The molecule has 0 amide bonds. The molecule has 1 atom stereocenters. The number of halogens is 1. The van der Waals surface area contributed by atoms with Crippen molar-refractivity contribution in [1.82, 2.24) is 0 Å². The van der Waals surface area contributed by atoms with Crippen molar-refractivity contribution in [2.75, 3.05) is 6.61 Å². The summed E-state index contributed by atoms with van der Waals surface area (Å²) in [6, 6.07) is 6.12. The van der Waals surface area contributed by atoms with Crippen LogP contribution in [0.2, 0.25) is 0 Å². The number of hydrogen-bond acceptors (Lipinski definition) is 2. The zero-order valence-electron chi connectivity index (χ0n) is 11.6. The molecule has 1 aliphatic carbocycles. The van der Waals surface area contributed by atoms with Crippen LogP contribution >= 0.6 is 15.9 Å². The molecule has 19 heavy (non-hydrogen) atoms. The topological polar surface area (TPSA) is 26.3 Å². The molecular formula is C16H21BrO2. The minimum Gasteiger partial charge on any atom is -0.493 e. The third-order valence-corrected chi connectivity index (χ3v) is 4.24. The van der Waals surface area contributed by atoms with Crippen molar-refractivity contribution < 1.29 is 9.53 Å². The SMILES string of the molecule is CC(C)c1cc(Br)ccc1OCCC1CCCC1=O. The Bertz CT molecular complexity index is 454. The van der Waals surface area contributed by atoms with Gasteiger partial charge in [0.15, 0.2) is 0 Å². The van der Waals surface area contributed by atoms with Crippen molar-refractivity contribution in [3.05, 3.63) is 28.2 Å². The molecule has 0 N–H and O–H groups in total. The van der Waals surface area contributed by atoms with Crippen LogP contribution in [0.5, 0.6) is 5.75 Å². The Morgan fingerprint density at radius 1 is 1.42 bits per heavy atom. The van der Waals surface area contributed by atoms with Crippen LogP contribution in [0.4, 0.5) is 0 Å². The fourth-order valence-corrected chi connectivity index (χ4v) is 2.99. The van der Waals surface area contributed by atoms with Gasteiger partial charge < -0.3 is 4.74 Å². The lowest BCUT2D eigenvalue weighted by molar-refractivity contribution is -0.121. The molecule has 2 rings (SSSR count). The predicted molar refractivity (Wildman–Crippen MR) is 80.7 cm³/mol. The van der Waals surface area contributed by atoms with Crippen LogP contribution in [0.3, 0.4) is 0 Å². The van der Waals surface area contributed by atoms with Crippen LogP contribution in [0.1, 0.15) is 51.0 Å². The number of benzene rings is 1. The smallest absolute Gasteiger partial charge is 0.136 e. The molecule has 2 nitrogen and oxygen atoms in total. The zero-order chi connectivity index (χ0) is 13.8. The van der Waals surface area contributed by atoms with Gasteiger partial charge in [-0.2, -0.15) is 0 Å². The highest BCUT2D eigenvalue weighted by Gasteiger charge is 2.24. The van der Waals surface area contributed by atoms with Gasteiger partial charge in [0.25, 0.3) is 0 Å². The molecule has 1 aromatic rings. The number of hydrogen-bond donors (Lipinski definition) is 0. The summed E-state index contributed by atoms with van der Waals surface area (Å²) in [6.07, 6.45) is 3.71. The van der Waals surface area contributed by atoms with Crippen molar-refractivity contribution in [2.45, 2.75) is 45.4 Å². The summed E-state index contributed by atoms with van der Waals surface area (Å²) in [5, 5.41) is 0. The van der Waals surface area contributed by atoms with Gasteiger partial charge in [0.05, 0.1) is 6.61 Å². The molecule has 104 valence electrons. The van der Waals surface area contributed by atoms with Crippen molar-refractivity contribution in [3.8, 4) is 5.75 Å². The van der Waals surface area contributed by atoms with Crippen LogP contribution in [-0.2, 0) is 4.79 Å². The summed E-state index contributed by atoms with van der Waals surface area (Å²) in [5.74, 6) is 2.03. The van der Waals surface area contributed by atoms with Crippen LogP contribution < -0.4 is 4.74 Å². The number of Topliss-reactive ketones (excluding diaryl/α,β-unsaturated/α-hetero) is 1. The van der Waals surface area contributed by atoms with E-state index in [4.69, 9.17) is 4.74 Å². The van der Waals surface area contributed by atoms with Crippen molar-refractivity contribution in [1.29, 1.82) is 0 Å². The third-order valence-electron chi connectivity index (χ3n) is 3.75. The Morgan fingerprint density at radius 2 is 2.21 bits per heavy atom. The van der Waals surface area contributed by atoms with Gasteiger partial charge in [0.2, 0.25) is 0 Å². The largest absolute Gasteiger partial charge is 0.493 e. The quantitative estimate of drug-likeness (QED) is 0.784. The second-order valence-corrected chi connectivity index (χ2v) is 6.45. The fourth-order valence-electron chi connectivity index (χ4n) is 2.61. The van der Waals surface area contributed by atoms with E-state index in [0.717, 1.165) is 35.9 Å². The number of carbonyl (C=O) groups is 1. The molecule has 1 aliphatic rings. The van der Waals surface area contributed by atoms with E-state index in [1.54, 1.807) is 0 Å². The molecule has 1 fully saturated rings. The first-order chi connectivity index (χ1) is 9.08. The fraction of sp³-hybridized carbons (Fsp3) is 0.562. The summed E-state index contributed by atoms with van der Waals surface area (Å²) < 4.78 is 6.97. The van der Waals surface area contributed by atoms with Gasteiger partial charge in [-0.25, -0.2) is 0 Å². The standard InChI is InChI=1S/C16H21BrO2/c1-11(2)14-10-13(17)6-7-16(14)19-9-8-12-4-3-5-15(12)18/h6-7,10-12H,3-5,8-9H2,1-2H3. The molecule has 1 unspecified atom stereocenters. The molecule has 0 aliphatic heterocycles. The van der Waals surface area contributed by atoms with E-state index in [1.807, 2.05) is 12.1 Å². The first-order valence-corrected chi connectivity index (χ1v) is 7.82. The molecule has 0 aromatic heterocycles. The lowest BCUT2D eigenvalue weighted by Gasteiger charge is -2.15. The lowest BCUT2D eigenvalue weighted by Crippen LogP contribution is -2.11. The van der Waals surface area contributed by atoms with Crippen molar-refractivity contribution in [2.24, 2.45) is 5.92 Å². The molecule has 0 radical (unpaired) electrons. The summed E-state index contributed by atoms with van der Waals surface area (Å²) >= 11 is 3.49. The molecular weight excluding hydrogens is 304 g/mol. The minimum absolute atomic E-state index is 0.234. The summed E-state index contributed by atoms with van der Waals surface area (Å²) in [7, 11) is 0. The van der Waals surface area contributed by atoms with Crippen LogP contribution in [0.25, 0.3) is 0 Å². The highest BCUT2D eigenvalue weighted by Crippen LogP contribution is 2.30. The van der Waals surface area contributed by atoms with Gasteiger partial charge in [-0.05, 0) is 48.9 Å². The number of carbonyl (C=O) groups excluding carboxylic acids is 1. The first-order valence-electron chi connectivity index (χ1n) is 7.03. The van der Waals surface area contributed by atoms with E-state index in [2.05, 4.69) is 35.8 Å².